The first-order valence-electron chi connectivity index (χ1n) is 28.1. The molecule has 9 aromatic rings. The Morgan fingerprint density at radius 1 is 0.682 bits per heavy atom. The molecule has 0 atom stereocenters. The van der Waals surface area contributed by atoms with E-state index in [1.165, 1.54) is 21.5 Å². The molecule has 28 heteroatoms. The molecule has 1 aliphatic heterocycles. The molecule has 0 saturated carbocycles. The zero-order valence-corrected chi connectivity index (χ0v) is 49.4. The van der Waals surface area contributed by atoms with E-state index in [0.29, 0.717) is 159 Å². The van der Waals surface area contributed by atoms with Gasteiger partial charge < -0.3 is 49.4 Å². The molecule has 4 aromatic heterocycles. The Morgan fingerprint density at radius 3 is 1.75 bits per heavy atom. The largest absolute Gasteiger partial charge is 0.462 e. The summed E-state index contributed by atoms with van der Waals surface area (Å²) in [6.45, 7) is 6.55. The number of ether oxygens (including phenoxy) is 3. The summed E-state index contributed by atoms with van der Waals surface area (Å²) in [6, 6.07) is 21.4. The molecule has 0 unspecified atom stereocenters. The van der Waals surface area contributed by atoms with Gasteiger partial charge in [-0.1, -0.05) is 58.8 Å². The minimum atomic E-state index is -0.682. The van der Waals surface area contributed by atoms with Gasteiger partial charge in [0, 0.05) is 105 Å². The van der Waals surface area contributed by atoms with Crippen LogP contribution in [0.4, 0.5) is 45.8 Å². The Balaban J connectivity index is 0.000000222. The van der Waals surface area contributed by atoms with Crippen LogP contribution in [0.5, 0.6) is 0 Å². The summed E-state index contributed by atoms with van der Waals surface area (Å²) >= 11 is 3.51. The lowest BCUT2D eigenvalue weighted by Crippen LogP contribution is -2.41. The van der Waals surface area contributed by atoms with Gasteiger partial charge in [-0.05, 0) is 73.7 Å². The van der Waals surface area contributed by atoms with Gasteiger partial charge in [-0.3, -0.25) is 44.0 Å². The summed E-state index contributed by atoms with van der Waals surface area (Å²) in [4.78, 5) is 88.9. The molecule has 88 heavy (non-hydrogen) atoms. The van der Waals surface area contributed by atoms with E-state index in [9.17, 15) is 44.2 Å². The third kappa shape index (κ3) is 11.6. The molecule has 0 spiro atoms. The maximum atomic E-state index is 14.1. The number of nitrogens with one attached hydrogen (secondary N) is 4. The van der Waals surface area contributed by atoms with E-state index < -0.39 is 21.8 Å². The fourth-order valence-electron chi connectivity index (χ4n) is 11.0. The van der Waals surface area contributed by atoms with Crippen LogP contribution in [0.25, 0.3) is 44.5 Å². The molecule has 1 saturated heterocycles. The quantitative estimate of drug-likeness (QED) is 0.0225. The fraction of sp³-hybridized carbons (Fsp3) is 0.283. The van der Waals surface area contributed by atoms with Gasteiger partial charge in [0.2, 0.25) is 5.91 Å². The van der Waals surface area contributed by atoms with Crippen molar-refractivity contribution in [1.29, 1.82) is 0 Å². The van der Waals surface area contributed by atoms with Crippen LogP contribution in [0.15, 0.2) is 105 Å². The summed E-state index contributed by atoms with van der Waals surface area (Å²) in [5.74, 6) is -0.138. The van der Waals surface area contributed by atoms with Crippen molar-refractivity contribution >= 4 is 113 Å². The van der Waals surface area contributed by atoms with Gasteiger partial charge in [0.1, 0.15) is 27.8 Å². The number of aromatic nitrogens is 6. The number of benzene rings is 5. The van der Waals surface area contributed by atoms with E-state index in [1.54, 1.807) is 70.7 Å². The number of amides is 1. The number of esters is 2. The molecular formula is C60H56BrN13O14. The first-order valence-corrected chi connectivity index (χ1v) is 28.9. The van der Waals surface area contributed by atoms with Crippen LogP contribution in [-0.2, 0) is 33.1 Å². The number of nitrogens with zero attached hydrogens (tertiary/aromatic N) is 9. The molecular weight excluding hydrogens is 1210 g/mol. The first-order chi connectivity index (χ1) is 42.5. The number of carbonyl (C=O) groups excluding carboxylic acids is 5. The maximum Gasteiger partial charge on any atom is 0.343 e. The zero-order chi connectivity index (χ0) is 61.9. The van der Waals surface area contributed by atoms with Crippen molar-refractivity contribution in [3.05, 3.63) is 149 Å². The summed E-state index contributed by atoms with van der Waals surface area (Å²) in [7, 11) is 3.39. The second-order valence-electron chi connectivity index (χ2n) is 20.7. The summed E-state index contributed by atoms with van der Waals surface area (Å²) in [5, 5.41) is 53.2. The van der Waals surface area contributed by atoms with Crippen LogP contribution in [0.2, 0.25) is 0 Å². The van der Waals surface area contributed by atoms with Gasteiger partial charge in [-0.25, -0.2) is 9.59 Å². The molecule has 1 fully saturated rings. The van der Waals surface area contributed by atoms with E-state index >= 15 is 0 Å². The normalized spacial score (nSPS) is 13.1. The standard InChI is InChI=1S/C39H41N9O10.C21H15BrN4O4/c1-3-57-39(51)27-22-45(2)43-37(27)42-29-21-31(34-33-32(29)35(49)25-8-4-5-9-26(25)36(33)58-44-34)46-16-12-23(13-17-46)38(50)41-15-7-19-56-18-6-14-40-28-11-10-24(47(52)53)20-30(28)48(54)55;1-3-29-21(28)12-9-26(2)24-20(12)23-14-8-13(22)17-16-15(14)18(27)10-6-4-5-7-11(10)19(16)30-25-17/h4-5,8-11,20-23,40H,3,6-7,12-19H2,1-2H3,(H,41,50)(H,42,43);4-9H,3H2,1-2H3,(H,23,24). The van der Waals surface area contributed by atoms with Crippen LogP contribution in [0, 0.1) is 26.1 Å². The number of hydrogen-bond donors (Lipinski definition) is 4. The molecule has 452 valence electrons. The van der Waals surface area contributed by atoms with Crippen LogP contribution in [0.1, 0.15) is 92.1 Å². The summed E-state index contributed by atoms with van der Waals surface area (Å²) in [5.41, 5.74) is 5.80. The average Bonchev–Trinajstić information content (AvgIpc) is 1.47. The second kappa shape index (κ2) is 25.3. The Bertz CT molecular complexity index is 4280. The number of piperidine rings is 1. The minimum Gasteiger partial charge on any atom is -0.462 e. The van der Waals surface area contributed by atoms with Crippen LogP contribution in [0.3, 0.4) is 0 Å². The van der Waals surface area contributed by atoms with Crippen molar-refractivity contribution < 1.29 is 57.1 Å². The average molecular weight is 1260 g/mol. The molecule has 2 aliphatic carbocycles. The smallest absolute Gasteiger partial charge is 0.343 e. The van der Waals surface area contributed by atoms with Crippen molar-refractivity contribution in [2.75, 3.05) is 73.5 Å². The lowest BCUT2D eigenvalue weighted by atomic mass is 9.86. The van der Waals surface area contributed by atoms with E-state index in [4.69, 9.17) is 23.3 Å². The number of ketones is 2. The van der Waals surface area contributed by atoms with Gasteiger partial charge in [0.25, 0.3) is 11.4 Å². The Labute approximate surface area is 508 Å². The summed E-state index contributed by atoms with van der Waals surface area (Å²) < 4.78 is 31.2. The maximum absolute atomic E-state index is 14.1. The monoisotopic (exact) mass is 1260 g/mol. The topological polar surface area (TPSA) is 338 Å². The molecule has 0 bridgehead atoms. The highest BCUT2D eigenvalue weighted by molar-refractivity contribution is 9.10. The van der Waals surface area contributed by atoms with Crippen molar-refractivity contribution in [2.45, 2.75) is 39.5 Å². The highest BCUT2D eigenvalue weighted by Gasteiger charge is 2.37. The number of halogens is 1. The van der Waals surface area contributed by atoms with Gasteiger partial charge in [-0.15, -0.1) is 0 Å². The molecule has 3 aliphatic rings. The van der Waals surface area contributed by atoms with Crippen molar-refractivity contribution in [2.24, 2.45) is 20.0 Å². The van der Waals surface area contributed by atoms with E-state index in [2.05, 4.69) is 62.6 Å². The predicted molar refractivity (Wildman–Crippen MR) is 325 cm³/mol. The number of nitro benzene ring substituents is 2. The Kier molecular flexibility index (Phi) is 17.1. The third-order valence-electron chi connectivity index (χ3n) is 15.0. The highest BCUT2D eigenvalue weighted by Crippen LogP contribution is 2.48. The van der Waals surface area contributed by atoms with Crippen molar-refractivity contribution in [3.8, 4) is 22.6 Å². The van der Waals surface area contributed by atoms with Gasteiger partial charge in [-0.2, -0.15) is 10.2 Å². The van der Waals surface area contributed by atoms with Crippen molar-refractivity contribution in [1.82, 2.24) is 35.2 Å². The SMILES string of the molecule is CCOC(=O)c1cn(C)nc1Nc1cc(Br)c2noc3c2c1C(=O)c1ccccc1-3.CCOC(=O)c1cn(C)nc1Nc1cc(N2CCC(C(=O)NCCCOCCCNc3ccc([N+](=O)[O-])cc3[N+](=O)[O-])CC2)c2noc3c2c1C(=O)c1ccccc1-3. The number of rotatable bonds is 21. The number of hydrogen-bond acceptors (Lipinski definition) is 22. The second-order valence-corrected chi connectivity index (χ2v) is 21.5. The van der Waals surface area contributed by atoms with Crippen LogP contribution in [-0.4, -0.2) is 122 Å². The summed E-state index contributed by atoms with van der Waals surface area (Å²) in [6.07, 6.45) is 5.42. The number of aryl methyl sites for hydroxylation is 2. The molecule has 5 aromatic carbocycles. The minimum absolute atomic E-state index is 0.0432. The van der Waals surface area contributed by atoms with Gasteiger partial charge in [0.05, 0.1) is 68.1 Å². The van der Waals surface area contributed by atoms with Crippen LogP contribution >= 0.6 is 15.9 Å². The zero-order valence-electron chi connectivity index (χ0n) is 47.8. The van der Waals surface area contributed by atoms with E-state index in [-0.39, 0.29) is 70.6 Å². The Morgan fingerprint density at radius 2 is 1.20 bits per heavy atom. The van der Waals surface area contributed by atoms with Crippen LogP contribution < -0.4 is 26.2 Å². The van der Waals surface area contributed by atoms with E-state index in [1.807, 2.05) is 30.3 Å². The van der Waals surface area contributed by atoms with E-state index in [0.717, 1.165) is 6.07 Å². The molecule has 12 rings (SSSR count). The molecule has 1 amide bonds. The highest BCUT2D eigenvalue weighted by atomic mass is 79.9. The predicted octanol–water partition coefficient (Wildman–Crippen LogP) is 10.2. The first kappa shape index (κ1) is 59.4. The van der Waals surface area contributed by atoms with Gasteiger partial charge >= 0.3 is 11.9 Å². The number of non-ortho nitro benzene ring substituents is 1. The lowest BCUT2D eigenvalue weighted by Gasteiger charge is -2.33. The number of nitro groups is 2. The molecule has 27 nitrogen and oxygen atoms in total. The molecule has 4 N–H and O–H groups in total. The fourth-order valence-corrected chi connectivity index (χ4v) is 11.5. The Hall–Kier alpha value is -10.4. The third-order valence-corrected chi connectivity index (χ3v) is 15.6. The lowest BCUT2D eigenvalue weighted by molar-refractivity contribution is -0.393. The molecule has 0 radical (unpaired) electrons. The number of fused-ring (bicyclic) bond motifs is 4. The van der Waals surface area contributed by atoms with Crippen molar-refractivity contribution in [3.63, 3.8) is 0 Å². The number of anilines is 6. The number of carbonyl (C=O) groups is 5. The van der Waals surface area contributed by atoms with Gasteiger partial charge in [0.15, 0.2) is 34.7 Å². The molecule has 5 heterocycles.